The summed E-state index contributed by atoms with van der Waals surface area (Å²) >= 11 is 0. The van der Waals surface area contributed by atoms with E-state index in [0.717, 1.165) is 22.3 Å². The molecule has 0 saturated carbocycles. The van der Waals surface area contributed by atoms with Gasteiger partial charge in [-0.25, -0.2) is 0 Å². The molecule has 6 nitrogen and oxygen atoms in total. The van der Waals surface area contributed by atoms with E-state index >= 15 is 0 Å². The number of ether oxygens (including phenoxy) is 2. The minimum absolute atomic E-state index is 0.0647. The van der Waals surface area contributed by atoms with Crippen molar-refractivity contribution in [1.29, 1.82) is 0 Å². The fourth-order valence-electron chi connectivity index (χ4n) is 4.48. The monoisotopic (exact) mass is 455 g/mol. The summed E-state index contributed by atoms with van der Waals surface area (Å²) in [5.41, 5.74) is 4.11. The molecular weight excluding hydrogens is 430 g/mol. The molecular formula is C28H25NO5. The van der Waals surface area contributed by atoms with Gasteiger partial charge < -0.3 is 19.2 Å². The first kappa shape index (κ1) is 21.8. The lowest BCUT2D eigenvalue weighted by atomic mass is 9.97. The number of benzene rings is 3. The molecule has 34 heavy (non-hydrogen) atoms. The van der Waals surface area contributed by atoms with Gasteiger partial charge in [-0.2, -0.15) is 0 Å². The van der Waals surface area contributed by atoms with E-state index in [1.54, 1.807) is 6.07 Å². The Morgan fingerprint density at radius 2 is 1.74 bits per heavy atom. The third kappa shape index (κ3) is 3.81. The Bertz CT molecular complexity index is 1460. The van der Waals surface area contributed by atoms with E-state index in [0.29, 0.717) is 41.2 Å². The minimum atomic E-state index is -0.633. The SMILES string of the molecule is CCOc1cc(C2NC(=O)c3oc4cc(C)cc(C)c4c(=O)c32)ccc1OCc1ccccc1. The summed E-state index contributed by atoms with van der Waals surface area (Å²) in [4.78, 5) is 26.3. The number of hydrogen-bond donors (Lipinski definition) is 1. The van der Waals surface area contributed by atoms with Crippen LogP contribution in [0.25, 0.3) is 11.0 Å². The Kier molecular flexibility index (Phi) is 5.57. The molecule has 1 amide bonds. The van der Waals surface area contributed by atoms with E-state index < -0.39 is 11.9 Å². The molecule has 5 rings (SSSR count). The predicted molar refractivity (Wildman–Crippen MR) is 130 cm³/mol. The third-order valence-electron chi connectivity index (χ3n) is 5.98. The second-order valence-electron chi connectivity index (χ2n) is 8.45. The molecule has 0 bridgehead atoms. The lowest BCUT2D eigenvalue weighted by molar-refractivity contribution is 0.0937. The van der Waals surface area contributed by atoms with Crippen LogP contribution in [0.15, 0.2) is 69.9 Å². The first-order chi connectivity index (χ1) is 16.5. The molecule has 1 atom stereocenters. The highest BCUT2D eigenvalue weighted by molar-refractivity contribution is 5.99. The van der Waals surface area contributed by atoms with Crippen LogP contribution in [-0.2, 0) is 6.61 Å². The van der Waals surface area contributed by atoms with Gasteiger partial charge in [0, 0.05) is 0 Å². The molecule has 0 spiro atoms. The number of nitrogens with one attached hydrogen (secondary N) is 1. The number of carbonyl (C=O) groups is 1. The van der Waals surface area contributed by atoms with Gasteiger partial charge in [-0.15, -0.1) is 0 Å². The summed E-state index contributed by atoms with van der Waals surface area (Å²) < 4.78 is 17.8. The van der Waals surface area contributed by atoms with Crippen LogP contribution in [0.2, 0.25) is 0 Å². The summed E-state index contributed by atoms with van der Waals surface area (Å²) in [5, 5.41) is 3.40. The van der Waals surface area contributed by atoms with E-state index in [1.165, 1.54) is 0 Å². The van der Waals surface area contributed by atoms with Crippen molar-refractivity contribution in [3.05, 3.63) is 104 Å². The van der Waals surface area contributed by atoms with Gasteiger partial charge in [0.15, 0.2) is 16.9 Å². The molecule has 1 N–H and O–H groups in total. The van der Waals surface area contributed by atoms with Crippen molar-refractivity contribution in [2.45, 2.75) is 33.4 Å². The van der Waals surface area contributed by atoms with Crippen LogP contribution in [0.5, 0.6) is 11.5 Å². The van der Waals surface area contributed by atoms with Gasteiger partial charge in [0.1, 0.15) is 12.2 Å². The molecule has 1 aromatic heterocycles. The molecule has 3 aromatic carbocycles. The van der Waals surface area contributed by atoms with Gasteiger partial charge in [-0.05, 0) is 61.2 Å². The number of rotatable bonds is 6. The zero-order valence-corrected chi connectivity index (χ0v) is 19.3. The second kappa shape index (κ2) is 8.71. The van der Waals surface area contributed by atoms with Crippen molar-refractivity contribution in [1.82, 2.24) is 5.32 Å². The number of hydrogen-bond acceptors (Lipinski definition) is 5. The fraction of sp³-hybridized carbons (Fsp3) is 0.214. The Balaban J connectivity index is 1.55. The Morgan fingerprint density at radius 3 is 2.50 bits per heavy atom. The Hall–Kier alpha value is -4.06. The fourth-order valence-corrected chi connectivity index (χ4v) is 4.48. The van der Waals surface area contributed by atoms with E-state index in [2.05, 4.69) is 5.32 Å². The number of carbonyl (C=O) groups excluding carboxylic acids is 1. The van der Waals surface area contributed by atoms with Gasteiger partial charge in [0.05, 0.1) is 23.6 Å². The van der Waals surface area contributed by atoms with E-state index in [4.69, 9.17) is 13.9 Å². The van der Waals surface area contributed by atoms with Gasteiger partial charge in [0.2, 0.25) is 5.76 Å². The van der Waals surface area contributed by atoms with Crippen LogP contribution in [0, 0.1) is 13.8 Å². The van der Waals surface area contributed by atoms with Crippen LogP contribution >= 0.6 is 0 Å². The molecule has 0 saturated heterocycles. The maximum absolute atomic E-state index is 13.5. The van der Waals surface area contributed by atoms with Crippen molar-refractivity contribution in [3.8, 4) is 11.5 Å². The zero-order chi connectivity index (χ0) is 23.8. The van der Waals surface area contributed by atoms with Gasteiger partial charge in [0.25, 0.3) is 5.91 Å². The minimum Gasteiger partial charge on any atom is -0.490 e. The number of fused-ring (bicyclic) bond motifs is 2. The van der Waals surface area contributed by atoms with Crippen LogP contribution < -0.4 is 20.2 Å². The zero-order valence-electron chi connectivity index (χ0n) is 19.3. The summed E-state index contributed by atoms with van der Waals surface area (Å²) in [6.07, 6.45) is 0. The normalized spacial score (nSPS) is 14.7. The summed E-state index contributed by atoms with van der Waals surface area (Å²) in [7, 11) is 0. The molecule has 6 heteroatoms. The van der Waals surface area contributed by atoms with E-state index in [1.807, 2.05) is 75.4 Å². The molecule has 172 valence electrons. The average Bonchev–Trinajstić information content (AvgIpc) is 3.15. The largest absolute Gasteiger partial charge is 0.490 e. The second-order valence-corrected chi connectivity index (χ2v) is 8.45. The average molecular weight is 456 g/mol. The van der Waals surface area contributed by atoms with Crippen molar-refractivity contribution in [2.24, 2.45) is 0 Å². The highest BCUT2D eigenvalue weighted by atomic mass is 16.5. The first-order valence-electron chi connectivity index (χ1n) is 11.3. The Labute approximate surface area is 197 Å². The van der Waals surface area contributed by atoms with Crippen molar-refractivity contribution in [3.63, 3.8) is 0 Å². The summed E-state index contributed by atoms with van der Waals surface area (Å²) in [6.45, 7) is 6.55. The smallest absolute Gasteiger partial charge is 0.288 e. The number of aryl methyl sites for hydroxylation is 2. The third-order valence-corrected chi connectivity index (χ3v) is 5.98. The maximum Gasteiger partial charge on any atom is 0.288 e. The predicted octanol–water partition coefficient (Wildman–Crippen LogP) is 5.22. The summed E-state index contributed by atoms with van der Waals surface area (Å²) in [6, 6.07) is 18.4. The standard InChI is InChI=1S/C28H25NO5/c1-4-32-21-14-19(10-11-20(21)33-15-18-8-6-5-7-9-18)25-24-26(30)23-17(3)12-16(2)13-22(23)34-27(24)28(31)29-25/h5-14,25H,4,15H2,1-3H3,(H,29,31). The topological polar surface area (TPSA) is 77.8 Å². The van der Waals surface area contributed by atoms with Crippen LogP contribution in [0.1, 0.15) is 51.3 Å². The number of amides is 1. The highest BCUT2D eigenvalue weighted by Crippen LogP contribution is 2.36. The van der Waals surface area contributed by atoms with Crippen LogP contribution in [-0.4, -0.2) is 12.5 Å². The molecule has 1 unspecified atom stereocenters. The summed E-state index contributed by atoms with van der Waals surface area (Å²) in [5.74, 6) is 0.807. The lowest BCUT2D eigenvalue weighted by Crippen LogP contribution is -2.22. The molecule has 0 fully saturated rings. The molecule has 0 aliphatic carbocycles. The molecule has 1 aliphatic heterocycles. The van der Waals surface area contributed by atoms with Gasteiger partial charge in [-0.1, -0.05) is 42.5 Å². The van der Waals surface area contributed by atoms with Crippen LogP contribution in [0.3, 0.4) is 0 Å². The van der Waals surface area contributed by atoms with Gasteiger partial charge in [-0.3, -0.25) is 9.59 Å². The van der Waals surface area contributed by atoms with E-state index in [-0.39, 0.29) is 11.2 Å². The van der Waals surface area contributed by atoms with Gasteiger partial charge >= 0.3 is 0 Å². The van der Waals surface area contributed by atoms with Crippen molar-refractivity contribution < 1.29 is 18.7 Å². The maximum atomic E-state index is 13.5. The molecule has 1 aliphatic rings. The highest BCUT2D eigenvalue weighted by Gasteiger charge is 2.36. The molecule has 4 aromatic rings. The van der Waals surface area contributed by atoms with Crippen molar-refractivity contribution >= 4 is 16.9 Å². The van der Waals surface area contributed by atoms with E-state index in [9.17, 15) is 9.59 Å². The Morgan fingerprint density at radius 1 is 0.941 bits per heavy atom. The van der Waals surface area contributed by atoms with Crippen LogP contribution in [0.4, 0.5) is 0 Å². The molecule has 0 radical (unpaired) electrons. The molecule has 2 heterocycles. The first-order valence-corrected chi connectivity index (χ1v) is 11.3. The van der Waals surface area contributed by atoms with Crippen molar-refractivity contribution in [2.75, 3.05) is 6.61 Å². The lowest BCUT2D eigenvalue weighted by Gasteiger charge is -2.17. The quantitative estimate of drug-likeness (QED) is 0.431.